The van der Waals surface area contributed by atoms with Crippen molar-refractivity contribution in [1.29, 1.82) is 0 Å². The average molecular weight is 482 g/mol. The molecule has 8 heteroatoms. The van der Waals surface area contributed by atoms with Crippen LogP contribution in [0.2, 0.25) is 10.0 Å². The summed E-state index contributed by atoms with van der Waals surface area (Å²) in [5.41, 5.74) is 5.10. The van der Waals surface area contributed by atoms with E-state index in [9.17, 15) is 14.4 Å². The monoisotopic (exact) mass is 481 g/mol. The third kappa shape index (κ3) is 4.19. The van der Waals surface area contributed by atoms with Crippen molar-refractivity contribution in [2.75, 3.05) is 4.90 Å². The van der Waals surface area contributed by atoms with Crippen molar-refractivity contribution in [3.8, 4) is 5.69 Å². The van der Waals surface area contributed by atoms with Gasteiger partial charge in [0.05, 0.1) is 16.4 Å². The van der Waals surface area contributed by atoms with Crippen LogP contribution in [0.25, 0.3) is 11.8 Å². The fourth-order valence-electron chi connectivity index (χ4n) is 4.09. The van der Waals surface area contributed by atoms with Crippen molar-refractivity contribution in [3.05, 3.63) is 86.2 Å². The number of hydrogen-bond acceptors (Lipinski definition) is 3. The number of hydrogen-bond donors (Lipinski definition) is 1. The number of anilines is 1. The van der Waals surface area contributed by atoms with E-state index < -0.39 is 17.8 Å². The predicted octanol–water partition coefficient (Wildman–Crippen LogP) is 5.68. The van der Waals surface area contributed by atoms with Crippen molar-refractivity contribution >= 4 is 52.8 Å². The molecule has 6 nitrogen and oxygen atoms in total. The Kier molecular flexibility index (Phi) is 5.91. The topological polar surface area (TPSA) is 71.4 Å². The fourth-order valence-corrected chi connectivity index (χ4v) is 4.59. The van der Waals surface area contributed by atoms with Crippen LogP contribution >= 0.6 is 23.2 Å². The Hall–Kier alpha value is -3.35. The van der Waals surface area contributed by atoms with Crippen LogP contribution in [-0.2, 0) is 9.59 Å². The second-order valence-corrected chi connectivity index (χ2v) is 8.91. The number of carbonyl (C=O) groups is 3. The Morgan fingerprint density at radius 3 is 2.18 bits per heavy atom. The summed E-state index contributed by atoms with van der Waals surface area (Å²) in [5, 5.41) is 3.27. The van der Waals surface area contributed by atoms with E-state index in [0.29, 0.717) is 21.3 Å². The van der Waals surface area contributed by atoms with Crippen molar-refractivity contribution in [2.24, 2.45) is 0 Å². The van der Waals surface area contributed by atoms with E-state index in [2.05, 4.69) is 5.32 Å². The van der Waals surface area contributed by atoms with Crippen LogP contribution in [0.3, 0.4) is 0 Å². The number of urea groups is 1. The maximum Gasteiger partial charge on any atom is 0.335 e. The lowest BCUT2D eigenvalue weighted by molar-refractivity contribution is -0.122. The van der Waals surface area contributed by atoms with Gasteiger partial charge in [-0.05, 0) is 86.9 Å². The second-order valence-electron chi connectivity index (χ2n) is 8.06. The summed E-state index contributed by atoms with van der Waals surface area (Å²) < 4.78 is 1.92. The van der Waals surface area contributed by atoms with E-state index in [-0.39, 0.29) is 5.57 Å². The van der Waals surface area contributed by atoms with Crippen LogP contribution in [0.15, 0.2) is 48.0 Å². The zero-order chi connectivity index (χ0) is 24.0. The van der Waals surface area contributed by atoms with Gasteiger partial charge in [-0.1, -0.05) is 29.3 Å². The maximum absolute atomic E-state index is 13.3. The second kappa shape index (κ2) is 8.54. The van der Waals surface area contributed by atoms with Gasteiger partial charge >= 0.3 is 6.03 Å². The van der Waals surface area contributed by atoms with Crippen LogP contribution < -0.4 is 10.2 Å². The molecule has 168 valence electrons. The Labute approximate surface area is 201 Å². The summed E-state index contributed by atoms with van der Waals surface area (Å²) in [7, 11) is 0. The number of nitrogens with zero attached hydrogens (tertiary/aromatic N) is 2. The Morgan fingerprint density at radius 1 is 0.879 bits per heavy atom. The molecule has 1 aliphatic rings. The lowest BCUT2D eigenvalue weighted by atomic mass is 10.1. The minimum absolute atomic E-state index is 0.129. The molecule has 0 radical (unpaired) electrons. The minimum Gasteiger partial charge on any atom is -0.316 e. The Bertz CT molecular complexity index is 1350. The van der Waals surface area contributed by atoms with Gasteiger partial charge in [-0.15, -0.1) is 0 Å². The van der Waals surface area contributed by atoms with Gasteiger partial charge in [0.1, 0.15) is 5.57 Å². The highest BCUT2D eigenvalue weighted by Crippen LogP contribution is 2.30. The summed E-state index contributed by atoms with van der Waals surface area (Å²) in [6.07, 6.45) is 1.50. The Balaban J connectivity index is 1.79. The molecule has 1 aliphatic heterocycles. The van der Waals surface area contributed by atoms with Crippen LogP contribution in [0.5, 0.6) is 0 Å². The first-order chi connectivity index (χ1) is 15.6. The average Bonchev–Trinajstić information content (AvgIpc) is 2.98. The first kappa shape index (κ1) is 22.8. The lowest BCUT2D eigenvalue weighted by Crippen LogP contribution is -2.54. The summed E-state index contributed by atoms with van der Waals surface area (Å²) in [5.74, 6) is -1.41. The molecule has 1 N–H and O–H groups in total. The number of benzene rings is 2. The molecule has 1 fully saturated rings. The SMILES string of the molecule is Cc1cc(C)cc(N2C(=O)NC(=O)/C(=C\c3cc(C)n(-c4ccc(Cl)cc4Cl)c3C)C2=O)c1. The van der Waals surface area contributed by atoms with Gasteiger partial charge in [-0.3, -0.25) is 14.9 Å². The number of barbiturate groups is 1. The summed E-state index contributed by atoms with van der Waals surface area (Å²) in [4.78, 5) is 39.4. The van der Waals surface area contributed by atoms with Gasteiger partial charge in [0.15, 0.2) is 0 Å². The number of aromatic nitrogens is 1. The smallest absolute Gasteiger partial charge is 0.316 e. The third-order valence-electron chi connectivity index (χ3n) is 5.49. The third-order valence-corrected chi connectivity index (χ3v) is 6.02. The first-order valence-corrected chi connectivity index (χ1v) is 11.0. The standard InChI is InChI=1S/C25H21Cl2N3O3/c1-13-7-14(2)9-19(8-13)30-24(32)20(23(31)28-25(30)33)11-17-10-15(3)29(16(17)4)22-6-5-18(26)12-21(22)27/h5-12H,1-4H3,(H,28,31,33)/b20-11+. The van der Waals surface area contributed by atoms with Crippen molar-refractivity contribution < 1.29 is 14.4 Å². The van der Waals surface area contributed by atoms with Gasteiger partial charge < -0.3 is 4.57 Å². The van der Waals surface area contributed by atoms with Crippen LogP contribution in [-0.4, -0.2) is 22.4 Å². The molecular formula is C25H21Cl2N3O3. The summed E-state index contributed by atoms with van der Waals surface area (Å²) >= 11 is 12.4. The molecule has 3 aromatic rings. The van der Waals surface area contributed by atoms with E-state index in [0.717, 1.165) is 33.1 Å². The van der Waals surface area contributed by atoms with E-state index >= 15 is 0 Å². The number of aryl methyl sites for hydroxylation is 3. The van der Waals surface area contributed by atoms with Gasteiger partial charge in [0, 0.05) is 16.4 Å². The molecule has 0 unspecified atom stereocenters. The van der Waals surface area contributed by atoms with Gasteiger partial charge in [-0.25, -0.2) is 9.69 Å². The quantitative estimate of drug-likeness (QED) is 0.386. The summed E-state index contributed by atoms with van der Waals surface area (Å²) in [6, 6.07) is 11.7. The molecular weight excluding hydrogens is 461 g/mol. The van der Waals surface area contributed by atoms with Gasteiger partial charge in [0.2, 0.25) is 0 Å². The molecule has 0 spiro atoms. The number of halogens is 2. The number of rotatable bonds is 3. The van der Waals surface area contributed by atoms with Gasteiger partial charge in [-0.2, -0.15) is 0 Å². The van der Waals surface area contributed by atoms with Crippen molar-refractivity contribution in [3.63, 3.8) is 0 Å². The number of amides is 4. The fraction of sp³-hybridized carbons (Fsp3) is 0.160. The molecule has 4 amide bonds. The number of carbonyl (C=O) groups excluding carboxylic acids is 3. The molecule has 4 rings (SSSR count). The molecule has 2 aromatic carbocycles. The van der Waals surface area contributed by atoms with Crippen molar-refractivity contribution in [1.82, 2.24) is 9.88 Å². The zero-order valence-corrected chi connectivity index (χ0v) is 20.0. The lowest BCUT2D eigenvalue weighted by Gasteiger charge is -2.27. The van der Waals surface area contributed by atoms with Crippen LogP contribution in [0.4, 0.5) is 10.5 Å². The van der Waals surface area contributed by atoms with Crippen LogP contribution in [0.1, 0.15) is 28.1 Å². The van der Waals surface area contributed by atoms with E-state index in [1.54, 1.807) is 30.3 Å². The molecule has 2 heterocycles. The first-order valence-electron chi connectivity index (χ1n) is 10.2. The van der Waals surface area contributed by atoms with E-state index in [4.69, 9.17) is 23.2 Å². The highest BCUT2D eigenvalue weighted by molar-refractivity contribution is 6.39. The minimum atomic E-state index is -0.773. The van der Waals surface area contributed by atoms with Crippen LogP contribution in [0, 0.1) is 27.7 Å². The van der Waals surface area contributed by atoms with Crippen molar-refractivity contribution in [2.45, 2.75) is 27.7 Å². The highest BCUT2D eigenvalue weighted by atomic mass is 35.5. The normalized spacial score (nSPS) is 15.4. The predicted molar refractivity (Wildman–Crippen MR) is 130 cm³/mol. The molecule has 33 heavy (non-hydrogen) atoms. The van der Waals surface area contributed by atoms with E-state index in [1.165, 1.54) is 6.08 Å². The van der Waals surface area contributed by atoms with Gasteiger partial charge in [0.25, 0.3) is 11.8 Å². The summed E-state index contributed by atoms with van der Waals surface area (Å²) in [6.45, 7) is 7.51. The number of imide groups is 2. The van der Waals surface area contributed by atoms with E-state index in [1.807, 2.05) is 44.4 Å². The molecule has 0 atom stereocenters. The highest BCUT2D eigenvalue weighted by Gasteiger charge is 2.37. The molecule has 1 aromatic heterocycles. The maximum atomic E-state index is 13.3. The molecule has 1 saturated heterocycles. The Morgan fingerprint density at radius 2 is 1.55 bits per heavy atom. The molecule has 0 aliphatic carbocycles. The molecule has 0 bridgehead atoms. The zero-order valence-electron chi connectivity index (χ0n) is 18.5. The number of nitrogens with one attached hydrogen (secondary N) is 1. The molecule has 0 saturated carbocycles. The largest absolute Gasteiger partial charge is 0.335 e.